The third kappa shape index (κ3) is 4.15. The number of rotatable bonds is 5. The molecule has 1 amide bonds. The molecule has 0 atom stereocenters. The van der Waals surface area contributed by atoms with Gasteiger partial charge in [0.1, 0.15) is 0 Å². The molecular weight excluding hydrogens is 354 g/mol. The van der Waals surface area contributed by atoms with E-state index in [4.69, 9.17) is 0 Å². The maximum atomic E-state index is 12.5. The van der Waals surface area contributed by atoms with Gasteiger partial charge in [-0.1, -0.05) is 30.3 Å². The first-order valence-corrected chi connectivity index (χ1v) is 10.2. The predicted octanol–water partition coefficient (Wildman–Crippen LogP) is 4.28. The third-order valence-corrected chi connectivity index (χ3v) is 6.43. The van der Waals surface area contributed by atoms with Crippen LogP contribution in [-0.2, 0) is 15.6 Å². The molecule has 0 unspecified atom stereocenters. The zero-order valence-corrected chi connectivity index (χ0v) is 15.2. The summed E-state index contributed by atoms with van der Waals surface area (Å²) >= 11 is 1.38. The summed E-state index contributed by atoms with van der Waals surface area (Å²) in [5.41, 5.74) is 2.13. The van der Waals surface area contributed by atoms with Crippen LogP contribution in [0, 0.1) is 6.92 Å². The van der Waals surface area contributed by atoms with Crippen LogP contribution in [0.25, 0.3) is 0 Å². The molecule has 0 aliphatic carbocycles. The van der Waals surface area contributed by atoms with Gasteiger partial charge in [-0.15, -0.1) is 11.3 Å². The number of carbonyl (C=O) groups is 1. The summed E-state index contributed by atoms with van der Waals surface area (Å²) in [5, 5.41) is 4.70. The molecule has 0 spiro atoms. The summed E-state index contributed by atoms with van der Waals surface area (Å²) in [6.45, 7) is 1.88. The third-order valence-electron chi connectivity index (χ3n) is 3.71. The second-order valence-corrected chi connectivity index (χ2v) is 8.57. The molecule has 0 fully saturated rings. The molecule has 3 rings (SSSR count). The second kappa shape index (κ2) is 7.21. The minimum atomic E-state index is -3.42. The van der Waals surface area contributed by atoms with Crippen molar-refractivity contribution in [3.05, 3.63) is 82.0 Å². The average Bonchev–Trinajstić information content (AvgIpc) is 3.02. The predicted molar refractivity (Wildman–Crippen MR) is 101 cm³/mol. The highest BCUT2D eigenvalue weighted by atomic mass is 32.2. The summed E-state index contributed by atoms with van der Waals surface area (Å²) < 4.78 is 25.0. The molecule has 0 radical (unpaired) electrons. The number of anilines is 1. The van der Waals surface area contributed by atoms with Gasteiger partial charge in [-0.2, -0.15) is 0 Å². The molecular formula is C19H17NO3S2. The molecule has 1 N–H and O–H groups in total. The highest BCUT2D eigenvalue weighted by molar-refractivity contribution is 7.90. The van der Waals surface area contributed by atoms with Crippen molar-refractivity contribution in [2.45, 2.75) is 17.6 Å². The van der Waals surface area contributed by atoms with Crippen LogP contribution in [0.15, 0.2) is 70.9 Å². The maximum absolute atomic E-state index is 12.5. The van der Waals surface area contributed by atoms with Crippen molar-refractivity contribution in [1.82, 2.24) is 0 Å². The minimum Gasteiger partial charge on any atom is -0.321 e. The summed E-state index contributed by atoms with van der Waals surface area (Å²) in [5.74, 6) is -0.297. The second-order valence-electron chi connectivity index (χ2n) is 5.66. The molecule has 1 aromatic heterocycles. The lowest BCUT2D eigenvalue weighted by atomic mass is 10.2. The van der Waals surface area contributed by atoms with E-state index in [-0.39, 0.29) is 11.7 Å². The van der Waals surface area contributed by atoms with E-state index >= 15 is 0 Å². The van der Waals surface area contributed by atoms with Gasteiger partial charge in [0, 0.05) is 5.69 Å². The van der Waals surface area contributed by atoms with Gasteiger partial charge >= 0.3 is 0 Å². The van der Waals surface area contributed by atoms with Crippen LogP contribution >= 0.6 is 11.3 Å². The fourth-order valence-corrected chi connectivity index (χ4v) is 4.64. The molecule has 2 aromatic carbocycles. The number of thiophene rings is 1. The largest absolute Gasteiger partial charge is 0.321 e. The summed E-state index contributed by atoms with van der Waals surface area (Å²) in [6.07, 6.45) is 0. The van der Waals surface area contributed by atoms with Crippen molar-refractivity contribution in [3.63, 3.8) is 0 Å². The Hall–Kier alpha value is -2.44. The molecule has 0 saturated heterocycles. The number of aryl methyl sites for hydroxylation is 1. The van der Waals surface area contributed by atoms with E-state index in [2.05, 4.69) is 5.32 Å². The maximum Gasteiger partial charge on any atom is 0.265 e. The quantitative estimate of drug-likeness (QED) is 0.728. The molecule has 3 aromatic rings. The van der Waals surface area contributed by atoms with E-state index in [1.807, 2.05) is 18.4 Å². The first-order valence-electron chi connectivity index (χ1n) is 7.68. The number of amides is 1. The Kier molecular flexibility index (Phi) is 5.01. The standard InChI is InChI=1S/C19H17NO3S2/c1-14-10-11-24-18(14)19(21)20-16-7-5-6-15(12-16)13-25(22,23)17-8-3-2-4-9-17/h2-12H,13H2,1H3,(H,20,21). The number of benzene rings is 2. The van der Waals surface area contributed by atoms with Crippen molar-refractivity contribution in [1.29, 1.82) is 0 Å². The van der Waals surface area contributed by atoms with E-state index in [0.717, 1.165) is 5.56 Å². The molecule has 0 aliphatic rings. The van der Waals surface area contributed by atoms with E-state index < -0.39 is 9.84 Å². The van der Waals surface area contributed by atoms with Crippen LogP contribution in [0.2, 0.25) is 0 Å². The number of carbonyl (C=O) groups excluding carboxylic acids is 1. The fraction of sp³-hybridized carbons (Fsp3) is 0.105. The van der Waals surface area contributed by atoms with Crippen LogP contribution in [0.1, 0.15) is 20.8 Å². The number of hydrogen-bond donors (Lipinski definition) is 1. The van der Waals surface area contributed by atoms with Gasteiger partial charge in [-0.05, 0) is 53.8 Å². The molecule has 25 heavy (non-hydrogen) atoms. The van der Waals surface area contributed by atoms with Crippen molar-refractivity contribution in [2.75, 3.05) is 5.32 Å². The summed E-state index contributed by atoms with van der Waals surface area (Å²) in [7, 11) is -3.42. The van der Waals surface area contributed by atoms with Gasteiger partial charge < -0.3 is 5.32 Å². The molecule has 128 valence electrons. The van der Waals surface area contributed by atoms with E-state index in [9.17, 15) is 13.2 Å². The number of nitrogens with one attached hydrogen (secondary N) is 1. The lowest BCUT2D eigenvalue weighted by Gasteiger charge is -2.08. The highest BCUT2D eigenvalue weighted by Crippen LogP contribution is 2.21. The molecule has 1 heterocycles. The van der Waals surface area contributed by atoms with Crippen LogP contribution in [0.3, 0.4) is 0 Å². The van der Waals surface area contributed by atoms with Crippen molar-refractivity contribution in [2.24, 2.45) is 0 Å². The SMILES string of the molecule is Cc1ccsc1C(=O)Nc1cccc(CS(=O)(=O)c2ccccc2)c1. The van der Waals surface area contributed by atoms with Gasteiger partial charge in [-0.25, -0.2) is 8.42 Å². The zero-order valence-electron chi connectivity index (χ0n) is 13.6. The summed E-state index contributed by atoms with van der Waals surface area (Å²) in [6, 6.07) is 17.2. The molecule has 4 nitrogen and oxygen atoms in total. The van der Waals surface area contributed by atoms with Gasteiger partial charge in [0.2, 0.25) is 0 Å². The zero-order chi connectivity index (χ0) is 17.9. The van der Waals surface area contributed by atoms with Crippen molar-refractivity contribution in [3.8, 4) is 0 Å². The van der Waals surface area contributed by atoms with Crippen LogP contribution in [-0.4, -0.2) is 14.3 Å². The van der Waals surface area contributed by atoms with Crippen molar-refractivity contribution >= 4 is 32.8 Å². The van der Waals surface area contributed by atoms with Crippen LogP contribution in [0.5, 0.6) is 0 Å². The molecule has 0 saturated carbocycles. The average molecular weight is 371 g/mol. The Bertz CT molecular complexity index is 992. The Labute approximate surface area is 151 Å². The summed E-state index contributed by atoms with van der Waals surface area (Å²) in [4.78, 5) is 13.2. The Morgan fingerprint density at radius 2 is 1.80 bits per heavy atom. The van der Waals surface area contributed by atoms with Crippen LogP contribution in [0.4, 0.5) is 5.69 Å². The lowest BCUT2D eigenvalue weighted by molar-refractivity contribution is 0.103. The van der Waals surface area contributed by atoms with Crippen molar-refractivity contribution < 1.29 is 13.2 Å². The molecule has 0 aliphatic heterocycles. The normalized spacial score (nSPS) is 11.2. The monoisotopic (exact) mass is 371 g/mol. The smallest absolute Gasteiger partial charge is 0.265 e. The molecule has 0 bridgehead atoms. The van der Waals surface area contributed by atoms with E-state index in [0.29, 0.717) is 21.0 Å². The lowest BCUT2D eigenvalue weighted by Crippen LogP contribution is -2.12. The Morgan fingerprint density at radius 1 is 1.04 bits per heavy atom. The fourth-order valence-electron chi connectivity index (χ4n) is 2.46. The minimum absolute atomic E-state index is 0.112. The van der Waals surface area contributed by atoms with E-state index in [1.54, 1.807) is 54.6 Å². The number of hydrogen-bond acceptors (Lipinski definition) is 4. The van der Waals surface area contributed by atoms with Gasteiger partial charge in [0.15, 0.2) is 9.84 Å². The topological polar surface area (TPSA) is 63.2 Å². The highest BCUT2D eigenvalue weighted by Gasteiger charge is 2.16. The van der Waals surface area contributed by atoms with Gasteiger partial charge in [0.25, 0.3) is 5.91 Å². The van der Waals surface area contributed by atoms with Gasteiger partial charge in [0.05, 0.1) is 15.5 Å². The number of sulfone groups is 1. The van der Waals surface area contributed by atoms with Gasteiger partial charge in [-0.3, -0.25) is 4.79 Å². The van der Waals surface area contributed by atoms with E-state index in [1.165, 1.54) is 11.3 Å². The Balaban J connectivity index is 1.78. The Morgan fingerprint density at radius 3 is 2.48 bits per heavy atom. The van der Waals surface area contributed by atoms with Crippen LogP contribution < -0.4 is 5.32 Å². The first kappa shape index (κ1) is 17.4. The molecule has 6 heteroatoms. The first-order chi connectivity index (χ1) is 12.0.